The summed E-state index contributed by atoms with van der Waals surface area (Å²) in [6, 6.07) is 17.5. The van der Waals surface area contributed by atoms with Gasteiger partial charge in [0.15, 0.2) is 0 Å². The molecule has 2 aromatic rings. The van der Waals surface area contributed by atoms with Crippen molar-refractivity contribution in [2.24, 2.45) is 0 Å². The summed E-state index contributed by atoms with van der Waals surface area (Å²) in [6.45, 7) is 7.97. The van der Waals surface area contributed by atoms with Gasteiger partial charge in [-0.15, -0.1) is 0 Å². The minimum absolute atomic E-state index is 0.0287. The Balaban J connectivity index is 2.07. The molecule has 0 saturated carbocycles. The fourth-order valence-corrected chi connectivity index (χ4v) is 3.67. The fourth-order valence-electron chi connectivity index (χ4n) is 3.67. The number of nitrogens with zero attached hydrogens (tertiary/aromatic N) is 1. The molecule has 1 aliphatic rings. The van der Waals surface area contributed by atoms with Crippen LogP contribution in [0.4, 0.5) is 0 Å². The van der Waals surface area contributed by atoms with Crippen molar-refractivity contribution in [3.63, 3.8) is 0 Å². The minimum Gasteiger partial charge on any atom is -0.309 e. The van der Waals surface area contributed by atoms with Crippen LogP contribution in [0.5, 0.6) is 0 Å². The van der Waals surface area contributed by atoms with Crippen molar-refractivity contribution < 1.29 is 0 Å². The summed E-state index contributed by atoms with van der Waals surface area (Å²) < 4.78 is 0. The SMILES string of the molecule is C=C1c2ccccc2-c2ccccc2C1(C)CCCN(C)C. The summed E-state index contributed by atoms with van der Waals surface area (Å²) >= 11 is 0. The third kappa shape index (κ3) is 2.40. The first kappa shape index (κ1) is 15.1. The maximum Gasteiger partial charge on any atom is 0.0181 e. The molecule has 114 valence electrons. The first-order chi connectivity index (χ1) is 10.5. The van der Waals surface area contributed by atoms with E-state index >= 15 is 0 Å². The van der Waals surface area contributed by atoms with Gasteiger partial charge in [0.05, 0.1) is 0 Å². The van der Waals surface area contributed by atoms with Crippen molar-refractivity contribution in [1.29, 1.82) is 0 Å². The highest BCUT2D eigenvalue weighted by Crippen LogP contribution is 2.51. The molecule has 0 fully saturated rings. The normalized spacial score (nSPS) is 19.9. The molecular formula is C21H25N. The second-order valence-electron chi connectivity index (χ2n) is 6.81. The number of rotatable bonds is 4. The molecule has 0 saturated heterocycles. The highest BCUT2D eigenvalue weighted by Gasteiger charge is 2.37. The standard InChI is InChI=1S/C21H25N/c1-16-17-10-5-6-11-18(17)19-12-7-8-13-20(19)21(16,2)14-9-15-22(3)4/h5-8,10-13H,1,9,14-15H2,2-4H3. The van der Waals surface area contributed by atoms with E-state index in [1.54, 1.807) is 0 Å². The zero-order chi connectivity index (χ0) is 15.7. The van der Waals surface area contributed by atoms with Crippen molar-refractivity contribution in [1.82, 2.24) is 4.90 Å². The molecule has 0 bridgehead atoms. The van der Waals surface area contributed by atoms with Crippen molar-refractivity contribution in [3.05, 3.63) is 66.2 Å². The van der Waals surface area contributed by atoms with E-state index in [2.05, 4.69) is 81.0 Å². The maximum absolute atomic E-state index is 4.49. The highest BCUT2D eigenvalue weighted by atomic mass is 15.0. The van der Waals surface area contributed by atoms with Crippen LogP contribution in [-0.2, 0) is 5.41 Å². The van der Waals surface area contributed by atoms with Crippen LogP contribution in [-0.4, -0.2) is 25.5 Å². The molecule has 1 heteroatoms. The van der Waals surface area contributed by atoms with Crippen LogP contribution >= 0.6 is 0 Å². The van der Waals surface area contributed by atoms with Crippen LogP contribution in [0, 0.1) is 0 Å². The van der Waals surface area contributed by atoms with E-state index in [0.29, 0.717) is 0 Å². The summed E-state index contributed by atoms with van der Waals surface area (Å²) in [5.74, 6) is 0. The van der Waals surface area contributed by atoms with Crippen molar-refractivity contribution in [3.8, 4) is 11.1 Å². The number of hydrogen-bond donors (Lipinski definition) is 0. The van der Waals surface area contributed by atoms with E-state index in [4.69, 9.17) is 0 Å². The number of hydrogen-bond acceptors (Lipinski definition) is 1. The third-order valence-electron chi connectivity index (χ3n) is 5.01. The molecule has 1 nitrogen and oxygen atoms in total. The van der Waals surface area contributed by atoms with E-state index < -0.39 is 0 Å². The summed E-state index contributed by atoms with van der Waals surface area (Å²) in [5, 5.41) is 0. The molecule has 0 radical (unpaired) electrons. The Hall–Kier alpha value is -1.86. The lowest BCUT2D eigenvalue weighted by molar-refractivity contribution is 0.375. The van der Waals surface area contributed by atoms with Gasteiger partial charge in [0.25, 0.3) is 0 Å². The van der Waals surface area contributed by atoms with Crippen molar-refractivity contribution in [2.45, 2.75) is 25.2 Å². The molecule has 1 aliphatic carbocycles. The van der Waals surface area contributed by atoms with Crippen molar-refractivity contribution >= 4 is 5.57 Å². The van der Waals surface area contributed by atoms with Crippen LogP contribution in [0.15, 0.2) is 55.1 Å². The zero-order valence-corrected chi connectivity index (χ0v) is 13.9. The molecular weight excluding hydrogens is 266 g/mol. The van der Waals surface area contributed by atoms with Crippen LogP contribution in [0.1, 0.15) is 30.9 Å². The average molecular weight is 291 g/mol. The molecule has 22 heavy (non-hydrogen) atoms. The van der Waals surface area contributed by atoms with Gasteiger partial charge in [-0.05, 0) is 61.3 Å². The zero-order valence-electron chi connectivity index (χ0n) is 13.9. The molecule has 0 amide bonds. The minimum atomic E-state index is 0.0287. The van der Waals surface area contributed by atoms with Gasteiger partial charge in [0.2, 0.25) is 0 Å². The Bertz CT molecular complexity index is 699. The molecule has 0 N–H and O–H groups in total. The van der Waals surface area contributed by atoms with Gasteiger partial charge in [0, 0.05) is 5.41 Å². The van der Waals surface area contributed by atoms with E-state index in [0.717, 1.165) is 13.0 Å². The third-order valence-corrected chi connectivity index (χ3v) is 5.01. The lowest BCUT2D eigenvalue weighted by Gasteiger charge is -2.39. The first-order valence-electron chi connectivity index (χ1n) is 8.07. The summed E-state index contributed by atoms with van der Waals surface area (Å²) in [7, 11) is 4.28. The lowest BCUT2D eigenvalue weighted by Crippen LogP contribution is -2.29. The van der Waals surface area contributed by atoms with E-state index in [-0.39, 0.29) is 5.41 Å². The van der Waals surface area contributed by atoms with Gasteiger partial charge in [0.1, 0.15) is 0 Å². The van der Waals surface area contributed by atoms with Gasteiger partial charge < -0.3 is 4.90 Å². The Morgan fingerprint density at radius 1 is 0.909 bits per heavy atom. The Labute approximate surface area is 134 Å². The largest absolute Gasteiger partial charge is 0.309 e. The summed E-state index contributed by atoms with van der Waals surface area (Å²) in [5.41, 5.74) is 6.73. The topological polar surface area (TPSA) is 3.24 Å². The van der Waals surface area contributed by atoms with Crippen LogP contribution in [0.2, 0.25) is 0 Å². The van der Waals surface area contributed by atoms with Crippen LogP contribution in [0.25, 0.3) is 16.7 Å². The second-order valence-corrected chi connectivity index (χ2v) is 6.81. The Kier molecular flexibility index (Phi) is 3.92. The molecule has 0 heterocycles. The fraction of sp³-hybridized carbons (Fsp3) is 0.333. The molecule has 1 unspecified atom stereocenters. The van der Waals surface area contributed by atoms with E-state index in [1.807, 2.05) is 0 Å². The van der Waals surface area contributed by atoms with Crippen LogP contribution in [0.3, 0.4) is 0 Å². The number of fused-ring (bicyclic) bond motifs is 3. The first-order valence-corrected chi connectivity index (χ1v) is 8.07. The molecule has 3 rings (SSSR count). The smallest absolute Gasteiger partial charge is 0.0181 e. The van der Waals surface area contributed by atoms with Gasteiger partial charge in [-0.25, -0.2) is 0 Å². The lowest BCUT2D eigenvalue weighted by atomic mass is 9.64. The summed E-state index contributed by atoms with van der Waals surface area (Å²) in [4.78, 5) is 2.26. The molecule has 1 atom stereocenters. The number of allylic oxidation sites excluding steroid dienone is 1. The summed E-state index contributed by atoms with van der Waals surface area (Å²) in [6.07, 6.45) is 2.31. The molecule has 2 aromatic carbocycles. The van der Waals surface area contributed by atoms with E-state index in [9.17, 15) is 0 Å². The quantitative estimate of drug-likeness (QED) is 0.768. The second kappa shape index (κ2) is 5.73. The average Bonchev–Trinajstić information content (AvgIpc) is 2.53. The molecule has 0 aromatic heterocycles. The maximum atomic E-state index is 4.49. The van der Waals surface area contributed by atoms with Crippen molar-refractivity contribution in [2.75, 3.05) is 20.6 Å². The predicted molar refractivity (Wildman–Crippen MR) is 96.1 cm³/mol. The number of benzene rings is 2. The van der Waals surface area contributed by atoms with E-state index in [1.165, 1.54) is 34.2 Å². The monoisotopic (exact) mass is 291 g/mol. The van der Waals surface area contributed by atoms with Crippen LogP contribution < -0.4 is 0 Å². The molecule has 0 spiro atoms. The predicted octanol–water partition coefficient (Wildman–Crippen LogP) is 4.98. The van der Waals surface area contributed by atoms with Gasteiger partial charge in [-0.2, -0.15) is 0 Å². The highest BCUT2D eigenvalue weighted by molar-refractivity contribution is 5.92. The van der Waals surface area contributed by atoms with Gasteiger partial charge >= 0.3 is 0 Å². The van der Waals surface area contributed by atoms with Gasteiger partial charge in [-0.3, -0.25) is 0 Å². The Morgan fingerprint density at radius 2 is 1.50 bits per heavy atom. The Morgan fingerprint density at radius 3 is 2.18 bits per heavy atom. The molecule has 0 aliphatic heterocycles. The van der Waals surface area contributed by atoms with Gasteiger partial charge in [-0.1, -0.05) is 62.0 Å².